The number of piperazine rings is 1. The molecule has 0 spiro atoms. The number of ether oxygens (including phenoxy) is 1. The van der Waals surface area contributed by atoms with Crippen molar-refractivity contribution in [1.29, 1.82) is 0 Å². The second-order valence-corrected chi connectivity index (χ2v) is 8.13. The molecule has 2 fully saturated rings. The lowest BCUT2D eigenvalue weighted by Crippen LogP contribution is -2.51. The van der Waals surface area contributed by atoms with Crippen LogP contribution in [0.3, 0.4) is 0 Å². The second kappa shape index (κ2) is 10.8. The average molecular weight is 389 g/mol. The van der Waals surface area contributed by atoms with Gasteiger partial charge in [-0.25, -0.2) is 4.98 Å². The molecule has 6 nitrogen and oxygen atoms in total. The Kier molecular flexibility index (Phi) is 8.10. The summed E-state index contributed by atoms with van der Waals surface area (Å²) < 4.78 is 5.72. The predicted octanol–water partition coefficient (Wildman–Crippen LogP) is 2.65. The van der Waals surface area contributed by atoms with Gasteiger partial charge in [0.05, 0.1) is 0 Å². The van der Waals surface area contributed by atoms with Crippen LogP contribution in [0.5, 0.6) is 0 Å². The third-order valence-electron chi connectivity index (χ3n) is 5.91. The quantitative estimate of drug-likeness (QED) is 0.641. The highest BCUT2D eigenvalue weighted by Gasteiger charge is 2.29. The highest BCUT2D eigenvalue weighted by atomic mass is 16.5. The molecular formula is C22H36N4O2. The van der Waals surface area contributed by atoms with Crippen molar-refractivity contribution in [2.75, 3.05) is 57.3 Å². The van der Waals surface area contributed by atoms with Crippen molar-refractivity contribution in [3.63, 3.8) is 0 Å². The van der Waals surface area contributed by atoms with Crippen molar-refractivity contribution in [1.82, 2.24) is 14.8 Å². The Labute approximate surface area is 169 Å². The third kappa shape index (κ3) is 5.92. The Morgan fingerprint density at radius 2 is 2.07 bits per heavy atom. The fraction of sp³-hybridized carbons (Fsp3) is 0.727. The van der Waals surface area contributed by atoms with Crippen LogP contribution in [0.1, 0.15) is 39.5 Å². The van der Waals surface area contributed by atoms with Crippen molar-refractivity contribution in [2.45, 2.75) is 45.6 Å². The molecule has 0 aromatic carbocycles. The standard InChI is InChI=1S/C22H36N4O2/c1-3-4-16-28-19(2)22(27)26-11-7-8-20(18-26)17-24-12-14-25(15-13-24)21-9-5-6-10-23-21/h5-6,9-10,19-20H,3-4,7-8,11-18H2,1-2H3. The van der Waals surface area contributed by atoms with E-state index in [1.807, 2.05) is 24.1 Å². The van der Waals surface area contributed by atoms with Gasteiger partial charge in [-0.05, 0) is 44.2 Å². The Morgan fingerprint density at radius 3 is 2.79 bits per heavy atom. The summed E-state index contributed by atoms with van der Waals surface area (Å²) in [6, 6.07) is 6.10. The van der Waals surface area contributed by atoms with Gasteiger partial charge in [0.2, 0.25) is 0 Å². The summed E-state index contributed by atoms with van der Waals surface area (Å²) in [5, 5.41) is 0. The Hall–Kier alpha value is -1.66. The number of rotatable bonds is 8. The first kappa shape index (κ1) is 21.1. The zero-order valence-corrected chi connectivity index (χ0v) is 17.6. The Morgan fingerprint density at radius 1 is 1.25 bits per heavy atom. The fourth-order valence-electron chi connectivity index (χ4n) is 4.21. The molecule has 2 aliphatic heterocycles. The van der Waals surface area contributed by atoms with E-state index in [0.717, 1.165) is 70.9 Å². The molecule has 3 rings (SSSR count). The molecule has 0 radical (unpaired) electrons. The maximum absolute atomic E-state index is 12.7. The number of aromatic nitrogens is 1. The van der Waals surface area contributed by atoms with Gasteiger partial charge in [-0.3, -0.25) is 9.69 Å². The van der Waals surface area contributed by atoms with E-state index in [1.165, 1.54) is 6.42 Å². The Balaban J connectivity index is 1.42. The number of pyridine rings is 1. The van der Waals surface area contributed by atoms with Crippen LogP contribution in [-0.2, 0) is 9.53 Å². The number of anilines is 1. The molecule has 2 aliphatic rings. The van der Waals surface area contributed by atoms with E-state index < -0.39 is 0 Å². The van der Waals surface area contributed by atoms with Crippen LogP contribution < -0.4 is 4.90 Å². The molecule has 1 amide bonds. The molecule has 0 bridgehead atoms. The lowest BCUT2D eigenvalue weighted by atomic mass is 9.96. The topological polar surface area (TPSA) is 48.9 Å². The Bertz CT molecular complexity index is 589. The number of likely N-dealkylation sites (tertiary alicyclic amines) is 1. The van der Waals surface area contributed by atoms with Gasteiger partial charge in [-0.1, -0.05) is 19.4 Å². The number of carbonyl (C=O) groups excluding carboxylic acids is 1. The normalized spacial score (nSPS) is 22.3. The van der Waals surface area contributed by atoms with Crippen molar-refractivity contribution in [3.8, 4) is 0 Å². The van der Waals surface area contributed by atoms with Crippen LogP contribution in [0.25, 0.3) is 0 Å². The van der Waals surface area contributed by atoms with Crippen LogP contribution in [-0.4, -0.2) is 79.2 Å². The number of amides is 1. The van der Waals surface area contributed by atoms with Crippen LogP contribution in [0, 0.1) is 5.92 Å². The monoisotopic (exact) mass is 388 g/mol. The first-order valence-electron chi connectivity index (χ1n) is 11.0. The van der Waals surface area contributed by atoms with Gasteiger partial charge in [0.15, 0.2) is 0 Å². The minimum atomic E-state index is -0.313. The van der Waals surface area contributed by atoms with Crippen molar-refractivity contribution < 1.29 is 9.53 Å². The largest absolute Gasteiger partial charge is 0.369 e. The lowest BCUT2D eigenvalue weighted by molar-refractivity contribution is -0.144. The molecule has 0 N–H and O–H groups in total. The molecule has 28 heavy (non-hydrogen) atoms. The number of hydrogen-bond acceptors (Lipinski definition) is 5. The summed E-state index contributed by atoms with van der Waals surface area (Å²) in [4.78, 5) is 24.1. The predicted molar refractivity (Wildman–Crippen MR) is 113 cm³/mol. The summed E-state index contributed by atoms with van der Waals surface area (Å²) >= 11 is 0. The van der Waals surface area contributed by atoms with Crippen LogP contribution >= 0.6 is 0 Å². The van der Waals surface area contributed by atoms with E-state index in [2.05, 4.69) is 33.8 Å². The van der Waals surface area contributed by atoms with Gasteiger partial charge in [0.25, 0.3) is 5.91 Å². The van der Waals surface area contributed by atoms with Crippen molar-refractivity contribution in [2.24, 2.45) is 5.92 Å². The second-order valence-electron chi connectivity index (χ2n) is 8.13. The van der Waals surface area contributed by atoms with Gasteiger partial charge in [-0.15, -0.1) is 0 Å². The van der Waals surface area contributed by atoms with E-state index in [4.69, 9.17) is 4.74 Å². The molecule has 2 saturated heterocycles. The third-order valence-corrected chi connectivity index (χ3v) is 5.91. The maximum atomic E-state index is 12.7. The van der Waals surface area contributed by atoms with Crippen LogP contribution in [0.4, 0.5) is 5.82 Å². The summed E-state index contributed by atoms with van der Waals surface area (Å²) in [5.74, 6) is 1.82. The average Bonchev–Trinajstić information content (AvgIpc) is 2.74. The van der Waals surface area contributed by atoms with Crippen LogP contribution in [0.2, 0.25) is 0 Å². The highest BCUT2D eigenvalue weighted by Crippen LogP contribution is 2.20. The summed E-state index contributed by atoms with van der Waals surface area (Å²) in [5.41, 5.74) is 0. The summed E-state index contributed by atoms with van der Waals surface area (Å²) in [6.07, 6.45) is 5.99. The van der Waals surface area contributed by atoms with Crippen molar-refractivity contribution in [3.05, 3.63) is 24.4 Å². The van der Waals surface area contributed by atoms with Crippen LogP contribution in [0.15, 0.2) is 24.4 Å². The number of nitrogens with zero attached hydrogens (tertiary/aromatic N) is 4. The molecule has 156 valence electrons. The first-order valence-corrected chi connectivity index (χ1v) is 11.0. The van der Waals surface area contributed by atoms with Crippen molar-refractivity contribution >= 4 is 11.7 Å². The van der Waals surface area contributed by atoms with E-state index in [0.29, 0.717) is 12.5 Å². The van der Waals surface area contributed by atoms with Gasteiger partial charge < -0.3 is 14.5 Å². The molecule has 2 atom stereocenters. The molecule has 6 heteroatoms. The van der Waals surface area contributed by atoms with E-state index in [-0.39, 0.29) is 12.0 Å². The number of piperidine rings is 1. The summed E-state index contributed by atoms with van der Waals surface area (Å²) in [6.45, 7) is 11.7. The smallest absolute Gasteiger partial charge is 0.251 e. The molecule has 1 aromatic rings. The molecule has 0 aliphatic carbocycles. The van der Waals surface area contributed by atoms with E-state index in [9.17, 15) is 4.79 Å². The van der Waals surface area contributed by atoms with Gasteiger partial charge in [-0.2, -0.15) is 0 Å². The first-order chi connectivity index (χ1) is 13.7. The summed E-state index contributed by atoms with van der Waals surface area (Å²) in [7, 11) is 0. The van der Waals surface area contributed by atoms with E-state index in [1.54, 1.807) is 0 Å². The van der Waals surface area contributed by atoms with Gasteiger partial charge in [0.1, 0.15) is 11.9 Å². The fourth-order valence-corrected chi connectivity index (χ4v) is 4.21. The zero-order chi connectivity index (χ0) is 19.8. The molecule has 1 aromatic heterocycles. The number of hydrogen-bond donors (Lipinski definition) is 0. The SMILES string of the molecule is CCCCOC(C)C(=O)N1CCCC(CN2CCN(c3ccccn3)CC2)C1. The maximum Gasteiger partial charge on any atom is 0.251 e. The minimum absolute atomic E-state index is 0.167. The number of carbonyl (C=O) groups is 1. The van der Waals surface area contributed by atoms with E-state index >= 15 is 0 Å². The molecule has 0 saturated carbocycles. The minimum Gasteiger partial charge on any atom is -0.369 e. The number of unbranched alkanes of at least 4 members (excludes halogenated alkanes) is 1. The molecular weight excluding hydrogens is 352 g/mol. The molecule has 3 heterocycles. The lowest BCUT2D eigenvalue weighted by Gasteiger charge is -2.40. The zero-order valence-electron chi connectivity index (χ0n) is 17.6. The molecule has 2 unspecified atom stereocenters. The van der Waals surface area contributed by atoms with Gasteiger partial charge >= 0.3 is 0 Å². The van der Waals surface area contributed by atoms with Gasteiger partial charge in [0, 0.05) is 58.6 Å². The highest BCUT2D eigenvalue weighted by molar-refractivity contribution is 5.80.